The number of aryl methyl sites for hydroxylation is 1. The molecule has 30 heavy (non-hydrogen) atoms. The minimum Gasteiger partial charge on any atom is -0.326 e. The van der Waals surface area contributed by atoms with Gasteiger partial charge in [0.25, 0.3) is 0 Å². The molecule has 0 radical (unpaired) electrons. The Morgan fingerprint density at radius 3 is 2.60 bits per heavy atom. The van der Waals surface area contributed by atoms with E-state index in [0.717, 1.165) is 29.7 Å². The standard InChI is InChI=1S/C23H26N2O4S/c1-15-4-3-5-19(12-15)24-22(26)10-11-30(28,29)20-8-9-21-18(14-20)13-16(2)25(21)23(27)17-6-7-17/h3-5,8-9,12,14,16-17H,6-7,10-11,13H2,1-2H3,(H,24,26). The molecular formula is C23H26N2O4S. The average Bonchev–Trinajstić information content (AvgIpc) is 3.48. The fraction of sp³-hybridized carbons (Fsp3) is 0.391. The second kappa shape index (κ2) is 7.87. The first-order valence-corrected chi connectivity index (χ1v) is 11.9. The number of anilines is 2. The molecule has 7 heteroatoms. The largest absolute Gasteiger partial charge is 0.326 e. The summed E-state index contributed by atoms with van der Waals surface area (Å²) in [6, 6.07) is 12.4. The molecule has 2 amide bonds. The molecule has 1 aliphatic carbocycles. The second-order valence-electron chi connectivity index (χ2n) is 8.31. The first-order chi connectivity index (χ1) is 14.2. The highest BCUT2D eigenvalue weighted by Gasteiger charge is 2.39. The van der Waals surface area contributed by atoms with Gasteiger partial charge < -0.3 is 10.2 Å². The van der Waals surface area contributed by atoms with E-state index in [-0.39, 0.29) is 40.8 Å². The summed E-state index contributed by atoms with van der Waals surface area (Å²) in [6.07, 6.45) is 2.41. The first-order valence-electron chi connectivity index (χ1n) is 10.3. The number of sulfone groups is 1. The predicted molar refractivity (Wildman–Crippen MR) is 116 cm³/mol. The van der Waals surface area contributed by atoms with Crippen LogP contribution in [0, 0.1) is 12.8 Å². The number of fused-ring (bicyclic) bond motifs is 1. The Balaban J connectivity index is 1.44. The Bertz CT molecular complexity index is 1110. The van der Waals surface area contributed by atoms with Crippen LogP contribution in [0.4, 0.5) is 11.4 Å². The van der Waals surface area contributed by atoms with Gasteiger partial charge in [-0.15, -0.1) is 0 Å². The van der Waals surface area contributed by atoms with E-state index in [2.05, 4.69) is 5.32 Å². The van der Waals surface area contributed by atoms with E-state index in [9.17, 15) is 18.0 Å². The SMILES string of the molecule is Cc1cccc(NC(=O)CCS(=O)(=O)c2ccc3c(c2)CC(C)N3C(=O)C2CC2)c1. The molecule has 0 aromatic heterocycles. The molecule has 2 aromatic rings. The lowest BCUT2D eigenvalue weighted by Gasteiger charge is -2.22. The van der Waals surface area contributed by atoms with Crippen LogP contribution in [0.2, 0.25) is 0 Å². The Kier molecular flexibility index (Phi) is 5.40. The number of carbonyl (C=O) groups is 2. The summed E-state index contributed by atoms with van der Waals surface area (Å²) in [5.41, 5.74) is 3.36. The number of rotatable bonds is 6. The van der Waals surface area contributed by atoms with Crippen molar-refractivity contribution in [2.75, 3.05) is 16.0 Å². The number of benzene rings is 2. The van der Waals surface area contributed by atoms with Gasteiger partial charge in [-0.1, -0.05) is 12.1 Å². The van der Waals surface area contributed by atoms with Gasteiger partial charge in [0.15, 0.2) is 9.84 Å². The van der Waals surface area contributed by atoms with Gasteiger partial charge in [-0.3, -0.25) is 9.59 Å². The van der Waals surface area contributed by atoms with Gasteiger partial charge in [-0.25, -0.2) is 8.42 Å². The predicted octanol–water partition coefficient (Wildman–Crippen LogP) is 3.49. The van der Waals surface area contributed by atoms with Crippen LogP contribution in [0.15, 0.2) is 47.4 Å². The maximum atomic E-state index is 12.8. The monoisotopic (exact) mass is 426 g/mol. The van der Waals surface area contributed by atoms with Gasteiger partial charge in [0.2, 0.25) is 11.8 Å². The highest BCUT2D eigenvalue weighted by atomic mass is 32.2. The van der Waals surface area contributed by atoms with Crippen LogP contribution in [0.25, 0.3) is 0 Å². The van der Waals surface area contributed by atoms with Crippen molar-refractivity contribution >= 4 is 33.0 Å². The smallest absolute Gasteiger partial charge is 0.230 e. The topological polar surface area (TPSA) is 83.6 Å². The van der Waals surface area contributed by atoms with E-state index in [1.54, 1.807) is 24.3 Å². The normalized spacial score (nSPS) is 18.2. The average molecular weight is 427 g/mol. The Labute approximate surface area is 177 Å². The maximum Gasteiger partial charge on any atom is 0.230 e. The van der Waals surface area contributed by atoms with Crippen molar-refractivity contribution in [2.45, 2.75) is 50.5 Å². The molecule has 1 aliphatic heterocycles. The third-order valence-electron chi connectivity index (χ3n) is 5.69. The zero-order valence-corrected chi connectivity index (χ0v) is 18.0. The quantitative estimate of drug-likeness (QED) is 0.766. The van der Waals surface area contributed by atoms with Crippen LogP contribution in [-0.4, -0.2) is 32.0 Å². The number of hydrogen-bond donors (Lipinski definition) is 1. The molecule has 0 bridgehead atoms. The Morgan fingerprint density at radius 2 is 1.90 bits per heavy atom. The molecule has 1 atom stereocenters. The highest BCUT2D eigenvalue weighted by molar-refractivity contribution is 7.91. The molecule has 1 fully saturated rings. The van der Waals surface area contributed by atoms with Crippen LogP contribution < -0.4 is 10.2 Å². The van der Waals surface area contributed by atoms with Gasteiger partial charge in [-0.05, 0) is 74.6 Å². The number of nitrogens with zero attached hydrogens (tertiary/aromatic N) is 1. The summed E-state index contributed by atoms with van der Waals surface area (Å²) in [5, 5.41) is 2.74. The van der Waals surface area contributed by atoms with Crippen molar-refractivity contribution in [3.05, 3.63) is 53.6 Å². The first kappa shape index (κ1) is 20.6. The van der Waals surface area contributed by atoms with Crippen molar-refractivity contribution in [2.24, 2.45) is 5.92 Å². The van der Waals surface area contributed by atoms with Gasteiger partial charge in [0.05, 0.1) is 10.6 Å². The van der Waals surface area contributed by atoms with Crippen molar-refractivity contribution in [3.63, 3.8) is 0 Å². The second-order valence-corrected chi connectivity index (χ2v) is 10.4. The molecule has 0 spiro atoms. The maximum absolute atomic E-state index is 12.8. The van der Waals surface area contributed by atoms with E-state index < -0.39 is 9.84 Å². The molecule has 1 saturated carbocycles. The lowest BCUT2D eigenvalue weighted by atomic mass is 10.1. The molecule has 158 valence electrons. The van der Waals surface area contributed by atoms with Crippen LogP contribution >= 0.6 is 0 Å². The van der Waals surface area contributed by atoms with Crippen LogP contribution in [0.1, 0.15) is 37.3 Å². The summed E-state index contributed by atoms with van der Waals surface area (Å²) in [4.78, 5) is 26.8. The molecule has 1 unspecified atom stereocenters. The van der Waals surface area contributed by atoms with E-state index in [4.69, 9.17) is 0 Å². The zero-order chi connectivity index (χ0) is 21.5. The lowest BCUT2D eigenvalue weighted by Crippen LogP contribution is -2.36. The van der Waals surface area contributed by atoms with Crippen molar-refractivity contribution in [1.29, 1.82) is 0 Å². The summed E-state index contributed by atoms with van der Waals surface area (Å²) >= 11 is 0. The molecule has 1 heterocycles. The fourth-order valence-corrected chi connectivity index (χ4v) is 5.24. The summed E-state index contributed by atoms with van der Waals surface area (Å²) in [7, 11) is -3.60. The molecule has 1 N–H and O–H groups in total. The lowest BCUT2D eigenvalue weighted by molar-refractivity contribution is -0.120. The van der Waals surface area contributed by atoms with E-state index in [1.165, 1.54) is 0 Å². The third-order valence-corrected chi connectivity index (χ3v) is 7.40. The molecule has 0 saturated heterocycles. The number of carbonyl (C=O) groups excluding carboxylic acids is 2. The molecule has 2 aliphatic rings. The number of nitrogens with one attached hydrogen (secondary N) is 1. The highest BCUT2D eigenvalue weighted by Crippen LogP contribution is 2.39. The molecule has 6 nitrogen and oxygen atoms in total. The zero-order valence-electron chi connectivity index (χ0n) is 17.2. The minimum absolute atomic E-state index is 0.0335. The Morgan fingerprint density at radius 1 is 1.13 bits per heavy atom. The molecule has 2 aromatic carbocycles. The van der Waals surface area contributed by atoms with Gasteiger partial charge in [-0.2, -0.15) is 0 Å². The van der Waals surface area contributed by atoms with Gasteiger partial charge in [0.1, 0.15) is 0 Å². The third kappa shape index (κ3) is 4.26. The van der Waals surface area contributed by atoms with Crippen molar-refractivity contribution in [3.8, 4) is 0 Å². The van der Waals surface area contributed by atoms with E-state index in [0.29, 0.717) is 12.1 Å². The summed E-state index contributed by atoms with van der Waals surface area (Å²) < 4.78 is 25.6. The summed E-state index contributed by atoms with van der Waals surface area (Å²) in [6.45, 7) is 3.91. The van der Waals surface area contributed by atoms with Crippen LogP contribution in [0.3, 0.4) is 0 Å². The molecular weight excluding hydrogens is 400 g/mol. The van der Waals surface area contributed by atoms with Crippen molar-refractivity contribution < 1.29 is 18.0 Å². The number of amides is 2. The molecule has 4 rings (SSSR count). The number of hydrogen-bond acceptors (Lipinski definition) is 4. The van der Waals surface area contributed by atoms with Gasteiger partial charge >= 0.3 is 0 Å². The summed E-state index contributed by atoms with van der Waals surface area (Å²) in [5.74, 6) is -0.331. The van der Waals surface area contributed by atoms with Crippen molar-refractivity contribution in [1.82, 2.24) is 0 Å². The fourth-order valence-electron chi connectivity index (χ4n) is 3.95. The van der Waals surface area contributed by atoms with E-state index in [1.807, 2.05) is 36.9 Å². The van der Waals surface area contributed by atoms with E-state index >= 15 is 0 Å². The Hall–Kier alpha value is -2.67. The van der Waals surface area contributed by atoms with Gasteiger partial charge in [0, 0.05) is 29.8 Å². The van der Waals surface area contributed by atoms with Crippen LogP contribution in [0.5, 0.6) is 0 Å². The minimum atomic E-state index is -3.60. The van der Waals surface area contributed by atoms with Crippen LogP contribution in [-0.2, 0) is 25.8 Å².